The van der Waals surface area contributed by atoms with Gasteiger partial charge < -0.3 is 15.8 Å². The molecule has 7 heteroatoms. The number of aryl methyl sites for hydroxylation is 1. The molecule has 0 aliphatic heterocycles. The van der Waals surface area contributed by atoms with Crippen molar-refractivity contribution in [2.75, 3.05) is 18.5 Å². The van der Waals surface area contributed by atoms with Gasteiger partial charge in [0.05, 0.1) is 15.9 Å². The minimum Gasteiger partial charge on any atom is -0.492 e. The Kier molecular flexibility index (Phi) is 4.95. The number of rotatable bonds is 6. The lowest BCUT2D eigenvalue weighted by Gasteiger charge is -2.11. The highest BCUT2D eigenvalue weighted by Gasteiger charge is 2.08. The van der Waals surface area contributed by atoms with E-state index in [2.05, 4.69) is 33.3 Å². The van der Waals surface area contributed by atoms with Crippen molar-refractivity contribution in [2.45, 2.75) is 6.92 Å². The maximum atomic E-state index is 5.73. The molecule has 0 aliphatic rings. The number of nitrogens with two attached hydrogens (primary N) is 1. The van der Waals surface area contributed by atoms with Gasteiger partial charge in [-0.05, 0) is 36.8 Å². The summed E-state index contributed by atoms with van der Waals surface area (Å²) in [4.78, 5) is 14.3. The number of benzene rings is 2. The predicted molar refractivity (Wildman–Crippen MR) is 110 cm³/mol. The summed E-state index contributed by atoms with van der Waals surface area (Å²) < 4.78 is 5.73. The van der Waals surface area contributed by atoms with Crippen LogP contribution in [0.25, 0.3) is 21.3 Å². The van der Waals surface area contributed by atoms with E-state index in [1.807, 2.05) is 48.2 Å². The third-order valence-corrected chi connectivity index (χ3v) is 4.82. The highest BCUT2D eigenvalue weighted by Crippen LogP contribution is 2.31. The number of nitrogens with zero attached hydrogens (tertiary/aromatic N) is 3. The summed E-state index contributed by atoms with van der Waals surface area (Å²) >= 11 is 1.58. The predicted octanol–water partition coefficient (Wildman–Crippen LogP) is 4.14. The Morgan fingerprint density at radius 2 is 2.07 bits per heavy atom. The zero-order chi connectivity index (χ0) is 18.6. The number of anilines is 2. The molecule has 0 aliphatic carbocycles. The molecular weight excluding hydrogens is 358 g/mol. The molecule has 0 atom stereocenters. The molecule has 0 unspecified atom stereocenters. The fourth-order valence-electron chi connectivity index (χ4n) is 2.77. The van der Waals surface area contributed by atoms with Crippen molar-refractivity contribution >= 4 is 33.9 Å². The topological polar surface area (TPSA) is 86.0 Å². The number of hydrogen-bond acceptors (Lipinski definition) is 7. The molecule has 4 rings (SSSR count). The Balaban J connectivity index is 1.67. The fraction of sp³-hybridized carbons (Fsp3) is 0.150. The van der Waals surface area contributed by atoms with E-state index in [9.17, 15) is 0 Å². The molecule has 2 aromatic heterocycles. The Morgan fingerprint density at radius 1 is 1.15 bits per heavy atom. The van der Waals surface area contributed by atoms with E-state index in [1.165, 1.54) is 5.56 Å². The summed E-state index contributed by atoms with van der Waals surface area (Å²) in [6.45, 7) is 2.97. The van der Waals surface area contributed by atoms with Gasteiger partial charge in [0, 0.05) is 36.1 Å². The molecule has 0 saturated heterocycles. The first-order valence-corrected chi connectivity index (χ1v) is 9.46. The lowest BCUT2D eigenvalue weighted by Crippen LogP contribution is -2.10. The molecule has 0 saturated carbocycles. The molecule has 2 heterocycles. The van der Waals surface area contributed by atoms with Gasteiger partial charge in [0.2, 0.25) is 5.95 Å². The van der Waals surface area contributed by atoms with Crippen LogP contribution < -0.4 is 15.8 Å². The highest BCUT2D eigenvalue weighted by atomic mass is 32.1. The van der Waals surface area contributed by atoms with Crippen molar-refractivity contribution < 1.29 is 4.74 Å². The van der Waals surface area contributed by atoms with Crippen LogP contribution in [0.15, 0.2) is 54.3 Å². The van der Waals surface area contributed by atoms with Crippen LogP contribution in [0.5, 0.6) is 5.75 Å². The van der Waals surface area contributed by atoms with Crippen LogP contribution in [0, 0.1) is 6.92 Å². The molecule has 4 aromatic rings. The summed E-state index contributed by atoms with van der Waals surface area (Å²) in [5.74, 6) is 1.28. The third kappa shape index (κ3) is 4.05. The number of thiazole rings is 1. The fourth-order valence-corrected chi connectivity index (χ4v) is 3.38. The highest BCUT2D eigenvalue weighted by molar-refractivity contribution is 7.13. The van der Waals surface area contributed by atoms with E-state index in [-0.39, 0.29) is 0 Å². The standard InChI is InChI=1S/C20H19N5OS/c1-13-2-3-18-15(6-13)10-23-20(25-18)24-16-7-14(19-11-22-12-27-19)8-17(9-16)26-5-4-21/h2-3,6-12H,4-5,21H2,1H3,(H,23,24,25). The Bertz CT molecular complexity index is 1070. The van der Waals surface area contributed by atoms with Gasteiger partial charge in [0.25, 0.3) is 0 Å². The van der Waals surface area contributed by atoms with Gasteiger partial charge in [-0.25, -0.2) is 9.97 Å². The number of fused-ring (bicyclic) bond motifs is 1. The average Bonchev–Trinajstić information content (AvgIpc) is 3.21. The van der Waals surface area contributed by atoms with E-state index in [4.69, 9.17) is 10.5 Å². The van der Waals surface area contributed by atoms with E-state index >= 15 is 0 Å². The van der Waals surface area contributed by atoms with E-state index in [0.29, 0.717) is 19.1 Å². The Morgan fingerprint density at radius 3 is 2.89 bits per heavy atom. The van der Waals surface area contributed by atoms with Crippen LogP contribution in [0.3, 0.4) is 0 Å². The van der Waals surface area contributed by atoms with Gasteiger partial charge in [0.1, 0.15) is 12.4 Å². The minimum absolute atomic E-state index is 0.456. The van der Waals surface area contributed by atoms with Crippen molar-refractivity contribution in [1.29, 1.82) is 0 Å². The smallest absolute Gasteiger partial charge is 0.227 e. The molecule has 136 valence electrons. The van der Waals surface area contributed by atoms with Crippen LogP contribution in [0.4, 0.5) is 11.6 Å². The number of hydrogen-bond donors (Lipinski definition) is 2. The lowest BCUT2D eigenvalue weighted by atomic mass is 10.1. The van der Waals surface area contributed by atoms with Gasteiger partial charge in [-0.15, -0.1) is 11.3 Å². The van der Waals surface area contributed by atoms with Crippen molar-refractivity contribution in [3.8, 4) is 16.2 Å². The summed E-state index contributed by atoms with van der Waals surface area (Å²) in [5.41, 5.74) is 11.3. The van der Waals surface area contributed by atoms with Gasteiger partial charge in [-0.3, -0.25) is 4.98 Å². The maximum absolute atomic E-state index is 5.73. The first-order valence-electron chi connectivity index (χ1n) is 8.58. The van der Waals surface area contributed by atoms with Gasteiger partial charge in [-0.1, -0.05) is 11.6 Å². The lowest BCUT2D eigenvalue weighted by molar-refractivity contribution is 0.328. The SMILES string of the molecule is Cc1ccc2nc(Nc3cc(OCCN)cc(-c4cncs4)c3)ncc2c1. The second kappa shape index (κ2) is 7.69. The Hall–Kier alpha value is -3.03. The van der Waals surface area contributed by atoms with Crippen molar-refractivity contribution in [2.24, 2.45) is 5.73 Å². The molecule has 0 radical (unpaired) electrons. The van der Waals surface area contributed by atoms with Crippen LogP contribution in [-0.2, 0) is 0 Å². The molecule has 0 fully saturated rings. The van der Waals surface area contributed by atoms with Crippen LogP contribution >= 0.6 is 11.3 Å². The van der Waals surface area contributed by atoms with Crippen molar-refractivity contribution in [1.82, 2.24) is 15.0 Å². The second-order valence-corrected chi connectivity index (χ2v) is 7.02. The van der Waals surface area contributed by atoms with Gasteiger partial charge in [-0.2, -0.15) is 0 Å². The van der Waals surface area contributed by atoms with Gasteiger partial charge in [0.15, 0.2) is 0 Å². The number of nitrogens with one attached hydrogen (secondary N) is 1. The van der Waals surface area contributed by atoms with Crippen molar-refractivity contribution in [3.05, 3.63) is 59.9 Å². The zero-order valence-electron chi connectivity index (χ0n) is 14.8. The largest absolute Gasteiger partial charge is 0.492 e. The molecule has 3 N–H and O–H groups in total. The quantitative estimate of drug-likeness (QED) is 0.525. The van der Waals surface area contributed by atoms with Crippen LogP contribution in [0.2, 0.25) is 0 Å². The van der Waals surface area contributed by atoms with E-state index in [0.717, 1.165) is 32.8 Å². The molecule has 0 amide bonds. The van der Waals surface area contributed by atoms with E-state index in [1.54, 1.807) is 11.3 Å². The monoisotopic (exact) mass is 377 g/mol. The summed E-state index contributed by atoms with van der Waals surface area (Å²) in [6, 6.07) is 12.1. The normalized spacial score (nSPS) is 10.9. The Labute approximate surface area is 161 Å². The summed E-state index contributed by atoms with van der Waals surface area (Å²) in [5, 5.41) is 4.30. The molecule has 0 bridgehead atoms. The second-order valence-electron chi connectivity index (χ2n) is 6.13. The average molecular weight is 377 g/mol. The van der Waals surface area contributed by atoms with E-state index < -0.39 is 0 Å². The molecule has 27 heavy (non-hydrogen) atoms. The molecular formula is C20H19N5OS. The minimum atomic E-state index is 0.456. The summed E-state index contributed by atoms with van der Waals surface area (Å²) in [6.07, 6.45) is 3.67. The summed E-state index contributed by atoms with van der Waals surface area (Å²) in [7, 11) is 0. The molecule has 2 aromatic carbocycles. The van der Waals surface area contributed by atoms with Crippen molar-refractivity contribution in [3.63, 3.8) is 0 Å². The molecule has 0 spiro atoms. The van der Waals surface area contributed by atoms with Crippen LogP contribution in [0.1, 0.15) is 5.56 Å². The number of aromatic nitrogens is 3. The zero-order valence-corrected chi connectivity index (χ0v) is 15.7. The maximum Gasteiger partial charge on any atom is 0.227 e. The number of ether oxygens (including phenoxy) is 1. The van der Waals surface area contributed by atoms with Gasteiger partial charge >= 0.3 is 0 Å². The molecule has 6 nitrogen and oxygen atoms in total. The third-order valence-electron chi connectivity index (χ3n) is 4.00. The first-order chi connectivity index (χ1) is 13.2. The first kappa shape index (κ1) is 17.4. The van der Waals surface area contributed by atoms with Crippen LogP contribution in [-0.4, -0.2) is 28.1 Å².